The average Bonchev–Trinajstić information content (AvgIpc) is 1.98. The van der Waals surface area contributed by atoms with Crippen molar-refractivity contribution in [2.45, 2.75) is 60.0 Å². The van der Waals surface area contributed by atoms with Gasteiger partial charge in [0.15, 0.2) is 5.60 Å². The van der Waals surface area contributed by atoms with Crippen LogP contribution in [0.4, 0.5) is 0 Å². The first-order valence-electron chi connectivity index (χ1n) is 5.92. The summed E-state index contributed by atoms with van der Waals surface area (Å²) in [6, 6.07) is 0. The first-order valence-corrected chi connectivity index (χ1v) is 5.92. The van der Waals surface area contributed by atoms with Gasteiger partial charge in [0.05, 0.1) is 6.61 Å². The highest BCUT2D eigenvalue weighted by Crippen LogP contribution is 2.25. The first kappa shape index (κ1) is 15.4. The molecule has 1 unspecified atom stereocenters. The van der Waals surface area contributed by atoms with E-state index in [2.05, 4.69) is 27.7 Å². The molecule has 16 heavy (non-hydrogen) atoms. The molecule has 0 heterocycles. The van der Waals surface area contributed by atoms with Crippen LogP contribution in [0.1, 0.15) is 54.4 Å². The van der Waals surface area contributed by atoms with Crippen LogP contribution >= 0.6 is 0 Å². The minimum Gasteiger partial charge on any atom is -0.464 e. The van der Waals surface area contributed by atoms with Gasteiger partial charge in [-0.2, -0.15) is 0 Å². The topological polar surface area (TPSA) is 46.5 Å². The molecule has 0 bridgehead atoms. The third kappa shape index (κ3) is 7.69. The number of rotatable bonds is 5. The predicted molar refractivity (Wildman–Crippen MR) is 65.1 cm³/mol. The van der Waals surface area contributed by atoms with Crippen LogP contribution in [0.5, 0.6) is 0 Å². The fourth-order valence-corrected chi connectivity index (χ4v) is 1.68. The Morgan fingerprint density at radius 3 is 2.12 bits per heavy atom. The molecule has 0 aromatic heterocycles. The Kier molecular flexibility index (Phi) is 5.47. The molecule has 0 rings (SSSR count). The maximum atomic E-state index is 11.3. The molecule has 0 radical (unpaired) electrons. The van der Waals surface area contributed by atoms with Crippen LogP contribution in [0, 0.1) is 11.3 Å². The zero-order valence-electron chi connectivity index (χ0n) is 11.5. The molecule has 1 N–H and O–H groups in total. The van der Waals surface area contributed by atoms with Crippen molar-refractivity contribution in [1.29, 1.82) is 0 Å². The van der Waals surface area contributed by atoms with Gasteiger partial charge < -0.3 is 9.84 Å². The first-order chi connectivity index (χ1) is 7.02. The Hall–Kier alpha value is -0.570. The van der Waals surface area contributed by atoms with Gasteiger partial charge in [0.2, 0.25) is 0 Å². The van der Waals surface area contributed by atoms with E-state index in [1.165, 1.54) is 13.8 Å². The lowest BCUT2D eigenvalue weighted by Gasteiger charge is -2.23. The van der Waals surface area contributed by atoms with Crippen molar-refractivity contribution in [3.63, 3.8) is 0 Å². The van der Waals surface area contributed by atoms with Crippen LogP contribution in [0.25, 0.3) is 0 Å². The monoisotopic (exact) mass is 230 g/mol. The second-order valence-electron chi connectivity index (χ2n) is 6.35. The summed E-state index contributed by atoms with van der Waals surface area (Å²) in [7, 11) is 0. The van der Waals surface area contributed by atoms with Crippen molar-refractivity contribution in [3.05, 3.63) is 0 Å². The van der Waals surface area contributed by atoms with E-state index in [-0.39, 0.29) is 0 Å². The van der Waals surface area contributed by atoms with Crippen LogP contribution in [0.15, 0.2) is 0 Å². The number of carbonyl (C=O) groups excluding carboxylic acids is 1. The molecular formula is C13H26O3. The van der Waals surface area contributed by atoms with E-state index >= 15 is 0 Å². The second-order valence-corrected chi connectivity index (χ2v) is 6.35. The van der Waals surface area contributed by atoms with E-state index in [1.807, 2.05) is 0 Å². The number of esters is 1. The third-order valence-electron chi connectivity index (χ3n) is 2.30. The van der Waals surface area contributed by atoms with E-state index in [9.17, 15) is 9.90 Å². The Labute approximate surface area is 99.2 Å². The van der Waals surface area contributed by atoms with Gasteiger partial charge in [0.25, 0.3) is 0 Å². The fourth-order valence-electron chi connectivity index (χ4n) is 1.68. The number of aliphatic hydroxyl groups is 1. The smallest absolute Gasteiger partial charge is 0.337 e. The SMILES string of the molecule is CC(CCOC(=O)C(C)(C)O)CC(C)(C)C. The molecule has 96 valence electrons. The summed E-state index contributed by atoms with van der Waals surface area (Å²) in [5.74, 6) is -0.0231. The molecule has 3 nitrogen and oxygen atoms in total. The van der Waals surface area contributed by atoms with Crippen molar-refractivity contribution in [2.24, 2.45) is 11.3 Å². The fraction of sp³-hybridized carbons (Fsp3) is 0.923. The second kappa shape index (κ2) is 5.67. The third-order valence-corrected chi connectivity index (χ3v) is 2.30. The lowest BCUT2D eigenvalue weighted by atomic mass is 9.84. The van der Waals surface area contributed by atoms with Gasteiger partial charge in [-0.05, 0) is 38.0 Å². The Morgan fingerprint density at radius 1 is 1.25 bits per heavy atom. The van der Waals surface area contributed by atoms with Gasteiger partial charge in [0.1, 0.15) is 0 Å². The van der Waals surface area contributed by atoms with Gasteiger partial charge in [-0.25, -0.2) is 4.79 Å². The lowest BCUT2D eigenvalue weighted by Crippen LogP contribution is -2.33. The summed E-state index contributed by atoms with van der Waals surface area (Å²) in [5, 5.41) is 9.36. The van der Waals surface area contributed by atoms with E-state index in [0.29, 0.717) is 17.9 Å². The molecule has 0 aromatic rings. The summed E-state index contributed by atoms with van der Waals surface area (Å²) in [6.45, 7) is 12.0. The normalized spacial score (nSPS) is 14.7. The average molecular weight is 230 g/mol. The molecule has 0 fully saturated rings. The van der Waals surface area contributed by atoms with Crippen LogP contribution < -0.4 is 0 Å². The van der Waals surface area contributed by atoms with Crippen LogP contribution in [-0.4, -0.2) is 23.3 Å². The van der Waals surface area contributed by atoms with Crippen LogP contribution in [0.3, 0.4) is 0 Å². The quantitative estimate of drug-likeness (QED) is 0.739. The molecule has 3 heteroatoms. The zero-order chi connectivity index (χ0) is 13.0. The maximum absolute atomic E-state index is 11.3. The number of hydrogen-bond acceptors (Lipinski definition) is 3. The van der Waals surface area contributed by atoms with Gasteiger partial charge in [-0.15, -0.1) is 0 Å². The number of ether oxygens (including phenoxy) is 1. The van der Waals surface area contributed by atoms with Crippen molar-refractivity contribution < 1.29 is 14.6 Å². The van der Waals surface area contributed by atoms with Crippen LogP contribution in [-0.2, 0) is 9.53 Å². The Bertz CT molecular complexity index is 220. The van der Waals surface area contributed by atoms with Gasteiger partial charge in [-0.1, -0.05) is 27.7 Å². The highest BCUT2D eigenvalue weighted by atomic mass is 16.5. The minimum absolute atomic E-state index is 0.305. The number of hydrogen-bond donors (Lipinski definition) is 1. The standard InChI is InChI=1S/C13H26O3/c1-10(9-12(2,3)4)7-8-16-11(14)13(5,6)15/h10,15H,7-9H2,1-6H3. The van der Waals surface area contributed by atoms with Crippen molar-refractivity contribution in [2.75, 3.05) is 6.61 Å². The Morgan fingerprint density at radius 2 is 1.75 bits per heavy atom. The summed E-state index contributed by atoms with van der Waals surface area (Å²) in [4.78, 5) is 11.3. The lowest BCUT2D eigenvalue weighted by molar-refractivity contribution is -0.162. The molecule has 0 spiro atoms. The van der Waals surface area contributed by atoms with E-state index in [0.717, 1.165) is 12.8 Å². The number of carbonyl (C=O) groups is 1. The Balaban J connectivity index is 3.79. The van der Waals surface area contributed by atoms with Gasteiger partial charge in [0, 0.05) is 0 Å². The zero-order valence-corrected chi connectivity index (χ0v) is 11.5. The molecular weight excluding hydrogens is 204 g/mol. The molecule has 0 amide bonds. The van der Waals surface area contributed by atoms with Crippen molar-refractivity contribution in [1.82, 2.24) is 0 Å². The largest absolute Gasteiger partial charge is 0.464 e. The van der Waals surface area contributed by atoms with Crippen molar-refractivity contribution in [3.8, 4) is 0 Å². The van der Waals surface area contributed by atoms with E-state index < -0.39 is 11.6 Å². The molecule has 0 aliphatic rings. The highest BCUT2D eigenvalue weighted by molar-refractivity contribution is 5.78. The van der Waals surface area contributed by atoms with Gasteiger partial charge in [-0.3, -0.25) is 0 Å². The summed E-state index contributed by atoms with van der Waals surface area (Å²) in [5.41, 5.74) is -1.08. The molecule has 0 aliphatic heterocycles. The molecule has 0 aliphatic carbocycles. The predicted octanol–water partition coefficient (Wildman–Crippen LogP) is 2.76. The molecule has 0 aromatic carbocycles. The van der Waals surface area contributed by atoms with E-state index in [1.54, 1.807) is 0 Å². The summed E-state index contributed by atoms with van der Waals surface area (Å²) in [6.07, 6.45) is 1.95. The summed E-state index contributed by atoms with van der Waals surface area (Å²) >= 11 is 0. The van der Waals surface area contributed by atoms with Crippen LogP contribution in [0.2, 0.25) is 0 Å². The molecule has 1 atom stereocenters. The van der Waals surface area contributed by atoms with E-state index in [4.69, 9.17) is 4.74 Å². The van der Waals surface area contributed by atoms with Crippen molar-refractivity contribution >= 4 is 5.97 Å². The minimum atomic E-state index is -1.38. The molecule has 0 saturated carbocycles. The maximum Gasteiger partial charge on any atom is 0.337 e. The molecule has 0 saturated heterocycles. The van der Waals surface area contributed by atoms with Gasteiger partial charge >= 0.3 is 5.97 Å². The summed E-state index contributed by atoms with van der Waals surface area (Å²) < 4.78 is 5.00. The highest BCUT2D eigenvalue weighted by Gasteiger charge is 2.25.